The number of phosphoric ester groups is 1. The molecule has 2 atom stereocenters. The summed E-state index contributed by atoms with van der Waals surface area (Å²) in [6.45, 7) is 4.43. The van der Waals surface area contributed by atoms with Gasteiger partial charge in [-0.15, -0.1) is 0 Å². The first-order valence-corrected chi connectivity index (χ1v) is 33.4. The summed E-state index contributed by atoms with van der Waals surface area (Å²) in [7, 11) is 1.49. The fourth-order valence-electron chi connectivity index (χ4n) is 9.59. The molecule has 0 rings (SSSR count). The van der Waals surface area contributed by atoms with Gasteiger partial charge in [-0.2, -0.15) is 0 Å². The van der Waals surface area contributed by atoms with Gasteiger partial charge in [-0.25, -0.2) is 4.57 Å². The lowest BCUT2D eigenvalue weighted by atomic mass is 10.0. The van der Waals surface area contributed by atoms with Crippen molar-refractivity contribution in [3.05, 3.63) is 12.2 Å². The van der Waals surface area contributed by atoms with E-state index in [1.165, 1.54) is 238 Å². The molecule has 0 aliphatic rings. The van der Waals surface area contributed by atoms with Gasteiger partial charge in [-0.3, -0.25) is 18.6 Å². The third-order valence-electron chi connectivity index (χ3n) is 14.5. The van der Waals surface area contributed by atoms with Crippen molar-refractivity contribution in [2.24, 2.45) is 0 Å². The highest BCUT2D eigenvalue weighted by Crippen LogP contribution is 2.43. The maximum absolute atomic E-state index is 12.7. The predicted molar refractivity (Wildman–Crippen MR) is 312 cm³/mol. The Kier molecular flexibility index (Phi) is 54.6. The number of hydrogen-bond donors (Lipinski definition) is 1. The molecule has 0 aromatic carbocycles. The zero-order valence-electron chi connectivity index (χ0n) is 49.4. The molecular formula is C63H125NO8P+. The van der Waals surface area contributed by atoms with Gasteiger partial charge in [0, 0.05) is 12.8 Å². The van der Waals surface area contributed by atoms with E-state index in [2.05, 4.69) is 26.0 Å². The van der Waals surface area contributed by atoms with Gasteiger partial charge in [0.05, 0.1) is 27.7 Å². The average Bonchev–Trinajstić information content (AvgIpc) is 3.35. The van der Waals surface area contributed by atoms with E-state index < -0.39 is 26.5 Å². The first-order chi connectivity index (χ1) is 35.5. The van der Waals surface area contributed by atoms with Crippen molar-refractivity contribution in [1.82, 2.24) is 0 Å². The smallest absolute Gasteiger partial charge is 0.462 e. The maximum Gasteiger partial charge on any atom is 0.472 e. The summed E-state index contributed by atoms with van der Waals surface area (Å²) in [5.74, 6) is -0.793. The van der Waals surface area contributed by atoms with Gasteiger partial charge in [0.2, 0.25) is 0 Å². The number of nitrogens with zero attached hydrogens (tertiary/aromatic N) is 1. The van der Waals surface area contributed by atoms with E-state index in [4.69, 9.17) is 18.5 Å². The second-order valence-electron chi connectivity index (χ2n) is 23.2. The van der Waals surface area contributed by atoms with Gasteiger partial charge in [0.1, 0.15) is 19.8 Å². The summed E-state index contributed by atoms with van der Waals surface area (Å²) >= 11 is 0. The lowest BCUT2D eigenvalue weighted by Gasteiger charge is -2.24. The predicted octanol–water partition coefficient (Wildman–Crippen LogP) is 20.0. The fourth-order valence-corrected chi connectivity index (χ4v) is 10.3. The van der Waals surface area contributed by atoms with E-state index in [1.807, 2.05) is 21.1 Å². The van der Waals surface area contributed by atoms with Crippen LogP contribution in [0.15, 0.2) is 12.2 Å². The van der Waals surface area contributed by atoms with Crippen molar-refractivity contribution in [3.8, 4) is 0 Å². The van der Waals surface area contributed by atoms with E-state index >= 15 is 0 Å². The number of likely N-dealkylation sites (N-methyl/N-ethyl adjacent to an activating group) is 1. The number of esters is 2. The first-order valence-electron chi connectivity index (χ1n) is 31.9. The van der Waals surface area contributed by atoms with Crippen LogP contribution >= 0.6 is 7.82 Å². The lowest BCUT2D eigenvalue weighted by molar-refractivity contribution is -0.870. The summed E-state index contributed by atoms with van der Waals surface area (Å²) in [6.07, 6.45) is 66.3. The van der Waals surface area contributed by atoms with E-state index in [-0.39, 0.29) is 25.6 Å². The molecule has 434 valence electrons. The molecule has 0 aromatic rings. The van der Waals surface area contributed by atoms with E-state index in [0.29, 0.717) is 23.9 Å². The van der Waals surface area contributed by atoms with Crippen molar-refractivity contribution in [3.63, 3.8) is 0 Å². The number of phosphoric acid groups is 1. The monoisotopic (exact) mass is 1050 g/mol. The zero-order chi connectivity index (χ0) is 53.5. The first kappa shape index (κ1) is 71.8. The number of unbranched alkanes of at least 4 members (excludes halogenated alkanes) is 44. The Balaban J connectivity index is 3.78. The van der Waals surface area contributed by atoms with E-state index in [0.717, 1.165) is 57.8 Å². The molecule has 0 saturated carbocycles. The van der Waals surface area contributed by atoms with Crippen molar-refractivity contribution in [1.29, 1.82) is 0 Å². The molecule has 0 amide bonds. The highest BCUT2D eigenvalue weighted by Gasteiger charge is 2.27. The molecular weight excluding hydrogens is 930 g/mol. The number of rotatable bonds is 60. The molecule has 0 aliphatic carbocycles. The van der Waals surface area contributed by atoms with Gasteiger partial charge >= 0.3 is 19.8 Å². The van der Waals surface area contributed by atoms with Gasteiger partial charge in [0.15, 0.2) is 6.10 Å². The van der Waals surface area contributed by atoms with Crippen LogP contribution in [-0.4, -0.2) is 74.9 Å². The number of carbonyl (C=O) groups is 2. The Morgan fingerprint density at radius 2 is 0.712 bits per heavy atom. The Bertz CT molecular complexity index is 1240. The molecule has 0 bridgehead atoms. The van der Waals surface area contributed by atoms with E-state index in [9.17, 15) is 19.0 Å². The van der Waals surface area contributed by atoms with Crippen LogP contribution in [0.2, 0.25) is 0 Å². The Morgan fingerprint density at radius 1 is 0.411 bits per heavy atom. The number of ether oxygens (including phenoxy) is 2. The Hall–Kier alpha value is -1.25. The molecule has 0 aliphatic heterocycles. The summed E-state index contributed by atoms with van der Waals surface area (Å²) in [4.78, 5) is 35.5. The zero-order valence-corrected chi connectivity index (χ0v) is 50.3. The second-order valence-corrected chi connectivity index (χ2v) is 24.6. The second kappa shape index (κ2) is 55.5. The molecule has 0 aromatic heterocycles. The third kappa shape index (κ3) is 59.8. The molecule has 0 radical (unpaired) electrons. The Morgan fingerprint density at radius 3 is 1.05 bits per heavy atom. The third-order valence-corrected chi connectivity index (χ3v) is 15.5. The topological polar surface area (TPSA) is 108 Å². The summed E-state index contributed by atoms with van der Waals surface area (Å²) in [6, 6.07) is 0. The summed E-state index contributed by atoms with van der Waals surface area (Å²) in [5.41, 5.74) is 0. The quantitative estimate of drug-likeness (QED) is 0.0211. The van der Waals surface area contributed by atoms with Crippen molar-refractivity contribution in [2.45, 2.75) is 335 Å². The molecule has 1 N–H and O–H groups in total. The summed E-state index contributed by atoms with van der Waals surface area (Å²) < 4.78 is 34.5. The van der Waals surface area contributed by atoms with Crippen molar-refractivity contribution >= 4 is 19.8 Å². The number of allylic oxidation sites excluding steroid dienone is 2. The SMILES string of the molecule is CCCC/C=C\CCCCCCCC(=O)OC(COC(=O)CCCCCCCCCCCCCCCCCCCCCCCCCCCCCCCCCCCCCCCC)COP(=O)(O)OCC[N+](C)(C)C. The highest BCUT2D eigenvalue weighted by atomic mass is 31.2. The minimum absolute atomic E-state index is 0.0334. The number of hydrogen-bond acceptors (Lipinski definition) is 7. The van der Waals surface area contributed by atoms with Crippen LogP contribution < -0.4 is 0 Å². The van der Waals surface area contributed by atoms with Crippen LogP contribution in [0.4, 0.5) is 0 Å². The molecule has 0 saturated heterocycles. The van der Waals surface area contributed by atoms with Crippen LogP contribution in [0.1, 0.15) is 328 Å². The molecule has 0 heterocycles. The lowest BCUT2D eigenvalue weighted by Crippen LogP contribution is -2.37. The van der Waals surface area contributed by atoms with E-state index in [1.54, 1.807) is 0 Å². The van der Waals surface area contributed by atoms with Gasteiger partial charge in [-0.05, 0) is 32.1 Å². The maximum atomic E-state index is 12.7. The van der Waals surface area contributed by atoms with Gasteiger partial charge in [-0.1, -0.05) is 296 Å². The summed E-state index contributed by atoms with van der Waals surface area (Å²) in [5, 5.41) is 0. The Labute approximate surface area is 454 Å². The standard InChI is InChI=1S/C63H124NO8P/c1-6-8-10-12-14-16-18-19-20-21-22-23-24-25-26-27-28-29-30-31-32-33-34-35-36-37-38-39-40-41-42-43-44-46-47-49-51-53-55-62(65)69-59-61(60-71-73(67,68)70-58-57-64(3,4)5)72-63(66)56-54-52-50-48-45-17-15-13-11-9-7-2/h13,15,61H,6-12,14,16-60H2,1-5H3/p+1/b15-13-. The van der Waals surface area contributed by atoms with Crippen LogP contribution in [-0.2, 0) is 32.7 Å². The van der Waals surface area contributed by atoms with Crippen LogP contribution in [0.5, 0.6) is 0 Å². The minimum Gasteiger partial charge on any atom is -0.462 e. The van der Waals surface area contributed by atoms with Crippen LogP contribution in [0, 0.1) is 0 Å². The normalized spacial score (nSPS) is 13.2. The molecule has 2 unspecified atom stereocenters. The molecule has 10 heteroatoms. The highest BCUT2D eigenvalue weighted by molar-refractivity contribution is 7.47. The van der Waals surface area contributed by atoms with Crippen molar-refractivity contribution < 1.29 is 42.1 Å². The minimum atomic E-state index is -4.38. The largest absolute Gasteiger partial charge is 0.472 e. The molecule has 9 nitrogen and oxygen atoms in total. The fraction of sp³-hybridized carbons (Fsp3) is 0.937. The van der Waals surface area contributed by atoms with Crippen molar-refractivity contribution in [2.75, 3.05) is 47.5 Å². The molecule has 73 heavy (non-hydrogen) atoms. The average molecular weight is 1060 g/mol. The number of carbonyl (C=O) groups excluding carboxylic acids is 2. The number of quaternary nitrogens is 1. The molecule has 0 spiro atoms. The van der Waals surface area contributed by atoms with Gasteiger partial charge < -0.3 is 18.9 Å². The van der Waals surface area contributed by atoms with Gasteiger partial charge in [0.25, 0.3) is 0 Å². The van der Waals surface area contributed by atoms with Crippen LogP contribution in [0.25, 0.3) is 0 Å². The molecule has 0 fully saturated rings. The van der Waals surface area contributed by atoms with Crippen LogP contribution in [0.3, 0.4) is 0 Å².